The van der Waals surface area contributed by atoms with Crippen molar-refractivity contribution in [2.45, 2.75) is 102 Å². The molecule has 0 unspecified atom stereocenters. The van der Waals surface area contributed by atoms with Crippen LogP contribution in [-0.4, -0.2) is 68.9 Å². The Bertz CT molecular complexity index is 1110. The first-order chi connectivity index (χ1) is 20.7. The number of aliphatic hydroxyl groups is 1. The Morgan fingerprint density at radius 3 is 2.25 bits per heavy atom. The second kappa shape index (κ2) is 19.3. The van der Waals surface area contributed by atoms with Gasteiger partial charge in [-0.1, -0.05) is 76.3 Å². The molecule has 1 fully saturated rings. The van der Waals surface area contributed by atoms with Crippen molar-refractivity contribution in [3.8, 4) is 0 Å². The molecule has 0 spiro atoms. The fourth-order valence-electron chi connectivity index (χ4n) is 6.10. The number of aromatic nitrogens is 2. The van der Waals surface area contributed by atoms with Crippen LogP contribution < -0.4 is 21.7 Å². The molecule has 12 heteroatoms. The summed E-state index contributed by atoms with van der Waals surface area (Å²) in [5, 5.41) is 29.1. The van der Waals surface area contributed by atoms with Gasteiger partial charge in [0.05, 0.1) is 18.5 Å². The van der Waals surface area contributed by atoms with Crippen LogP contribution in [0.4, 0.5) is 4.79 Å². The van der Waals surface area contributed by atoms with Gasteiger partial charge in [-0.25, -0.2) is 9.78 Å². The number of nitrogens with two attached hydrogens (primary N) is 1. The monoisotopic (exact) mass is 634 g/mol. The second-order valence-corrected chi connectivity index (χ2v) is 12.3. The van der Waals surface area contributed by atoms with Crippen molar-refractivity contribution >= 4 is 30.3 Å². The number of halogens is 1. The molecule has 1 aromatic carbocycles. The van der Waals surface area contributed by atoms with Crippen LogP contribution in [0.5, 0.6) is 0 Å². The summed E-state index contributed by atoms with van der Waals surface area (Å²) in [6.07, 6.45) is 8.79. The number of aliphatic hydroxyl groups excluding tert-OH is 1. The predicted octanol–water partition coefficient (Wildman–Crippen LogP) is 3.56. The zero-order valence-corrected chi connectivity index (χ0v) is 26.7. The Labute approximate surface area is 267 Å². The highest BCUT2D eigenvalue weighted by atomic mass is 35.5. The molecular weight excluding hydrogens is 584 g/mol. The smallest absolute Gasteiger partial charge is 0.405 e. The molecule has 1 heterocycles. The molecule has 0 aliphatic heterocycles. The molecule has 8 N–H and O–H groups in total. The van der Waals surface area contributed by atoms with Crippen LogP contribution in [-0.2, 0) is 22.4 Å². The number of amides is 3. The number of hydrogen-bond acceptors (Lipinski definition) is 6. The lowest BCUT2D eigenvalue weighted by atomic mass is 9.80. The van der Waals surface area contributed by atoms with Crippen LogP contribution in [0.1, 0.15) is 76.5 Å². The Balaban J connectivity index is 0.00000675. The van der Waals surface area contributed by atoms with Gasteiger partial charge in [0, 0.05) is 24.7 Å². The molecule has 0 saturated heterocycles. The Hall–Kier alpha value is -3.15. The standard InChI is InChI=1S/C32H50N6O5.ClH/c1-21(2)24(13-14-33)17-29(39)26(15-22-9-5-3-6-10-22)36-31(41)28(18-25-19-34-20-35-25)37-30(40)27(38-32(42)43)16-23-11-7-4-8-12-23;/h4,7-8,11-12,19-22,24,26-29,38-39H,3,5-6,9-10,13-18,33H2,1-2H3,(H,34,35)(H,36,41)(H,37,40)(H,42,43);1H/t24-,26-,27-,28-,29+;/m0./s1. The minimum atomic E-state index is -1.33. The minimum absolute atomic E-state index is 0. The number of benzene rings is 1. The third-order valence-electron chi connectivity index (χ3n) is 8.64. The predicted molar refractivity (Wildman–Crippen MR) is 172 cm³/mol. The first kappa shape index (κ1) is 37.0. The summed E-state index contributed by atoms with van der Waals surface area (Å²) in [4.78, 5) is 45.9. The molecule has 0 radical (unpaired) electrons. The lowest BCUT2D eigenvalue weighted by molar-refractivity contribution is -0.131. The van der Waals surface area contributed by atoms with Gasteiger partial charge >= 0.3 is 6.09 Å². The van der Waals surface area contributed by atoms with Crippen LogP contribution in [0.25, 0.3) is 0 Å². The quantitative estimate of drug-likeness (QED) is 0.139. The van der Waals surface area contributed by atoms with Gasteiger partial charge in [0.2, 0.25) is 11.8 Å². The summed E-state index contributed by atoms with van der Waals surface area (Å²) in [5.74, 6) is -0.0990. The third kappa shape index (κ3) is 12.5. The lowest BCUT2D eigenvalue weighted by Crippen LogP contribution is -2.57. The first-order valence-electron chi connectivity index (χ1n) is 15.7. The van der Waals surface area contributed by atoms with Gasteiger partial charge < -0.3 is 36.9 Å². The molecule has 3 rings (SSSR count). The van der Waals surface area contributed by atoms with Crippen molar-refractivity contribution in [1.29, 1.82) is 0 Å². The van der Waals surface area contributed by atoms with E-state index in [1.165, 1.54) is 12.7 Å². The SMILES string of the molecule is CC(C)[C@@H](CCN)C[C@@H](O)[C@H](CC1CCCCC1)NC(=O)[C@H](Cc1cnc[nH]1)NC(=O)[C@H](Cc1ccccc1)NC(=O)O.Cl. The number of imidazole rings is 1. The number of aromatic amines is 1. The highest BCUT2D eigenvalue weighted by molar-refractivity contribution is 5.91. The Morgan fingerprint density at radius 2 is 1.66 bits per heavy atom. The lowest BCUT2D eigenvalue weighted by Gasteiger charge is -2.33. The third-order valence-corrected chi connectivity index (χ3v) is 8.64. The van der Waals surface area contributed by atoms with Crippen molar-refractivity contribution in [2.75, 3.05) is 6.54 Å². The van der Waals surface area contributed by atoms with E-state index in [4.69, 9.17) is 5.73 Å². The van der Waals surface area contributed by atoms with E-state index in [9.17, 15) is 24.6 Å². The summed E-state index contributed by atoms with van der Waals surface area (Å²) in [5.41, 5.74) is 7.28. The van der Waals surface area contributed by atoms with E-state index in [1.54, 1.807) is 6.20 Å². The van der Waals surface area contributed by atoms with Crippen molar-refractivity contribution < 1.29 is 24.6 Å². The molecule has 5 atom stereocenters. The van der Waals surface area contributed by atoms with Gasteiger partial charge in [0.1, 0.15) is 12.1 Å². The molecule has 1 aliphatic rings. The van der Waals surface area contributed by atoms with Crippen molar-refractivity contribution in [1.82, 2.24) is 25.9 Å². The number of H-pyrrole nitrogens is 1. The largest absolute Gasteiger partial charge is 0.465 e. The number of rotatable bonds is 17. The normalized spacial score (nSPS) is 17.0. The van der Waals surface area contributed by atoms with Crippen LogP contribution in [0.3, 0.4) is 0 Å². The van der Waals surface area contributed by atoms with E-state index in [1.807, 2.05) is 30.3 Å². The number of nitrogens with zero attached hydrogens (tertiary/aromatic N) is 1. The van der Waals surface area contributed by atoms with Crippen LogP contribution in [0, 0.1) is 17.8 Å². The molecule has 11 nitrogen and oxygen atoms in total. The van der Waals surface area contributed by atoms with E-state index in [-0.39, 0.29) is 31.2 Å². The molecule has 246 valence electrons. The summed E-state index contributed by atoms with van der Waals surface area (Å²) >= 11 is 0. The number of carbonyl (C=O) groups is 3. The molecule has 1 aliphatic carbocycles. The van der Waals surface area contributed by atoms with Crippen molar-refractivity contribution in [3.05, 3.63) is 54.1 Å². The summed E-state index contributed by atoms with van der Waals surface area (Å²) in [6, 6.07) is 6.47. The van der Waals surface area contributed by atoms with E-state index in [0.717, 1.165) is 37.7 Å². The van der Waals surface area contributed by atoms with Crippen molar-refractivity contribution in [3.63, 3.8) is 0 Å². The van der Waals surface area contributed by atoms with Gasteiger partial charge in [0.25, 0.3) is 0 Å². The number of hydrogen-bond donors (Lipinski definition) is 7. The average molecular weight is 635 g/mol. The maximum Gasteiger partial charge on any atom is 0.405 e. The topological polar surface area (TPSA) is 182 Å². The summed E-state index contributed by atoms with van der Waals surface area (Å²) in [6.45, 7) is 4.77. The average Bonchev–Trinajstić information content (AvgIpc) is 3.50. The number of carboxylic acid groups (broad SMARTS) is 1. The van der Waals surface area contributed by atoms with Gasteiger partial charge in [-0.15, -0.1) is 12.4 Å². The fourth-order valence-corrected chi connectivity index (χ4v) is 6.10. The molecule has 1 aromatic heterocycles. The van der Waals surface area contributed by atoms with Crippen LogP contribution >= 0.6 is 12.4 Å². The molecule has 0 bridgehead atoms. The number of carbonyl (C=O) groups excluding carboxylic acids is 2. The fraction of sp³-hybridized carbons (Fsp3) is 0.625. The van der Waals surface area contributed by atoms with Crippen LogP contribution in [0.15, 0.2) is 42.9 Å². The van der Waals surface area contributed by atoms with Crippen molar-refractivity contribution in [2.24, 2.45) is 23.5 Å². The molecule has 2 aromatic rings. The highest BCUT2D eigenvalue weighted by Crippen LogP contribution is 2.30. The molecule has 44 heavy (non-hydrogen) atoms. The molecule has 1 saturated carbocycles. The van der Waals surface area contributed by atoms with E-state index >= 15 is 0 Å². The Kier molecular flexibility index (Phi) is 16.2. The summed E-state index contributed by atoms with van der Waals surface area (Å²) in [7, 11) is 0. The van der Waals surface area contributed by atoms with Gasteiger partial charge in [-0.05, 0) is 49.1 Å². The van der Waals surface area contributed by atoms with Crippen LogP contribution in [0.2, 0.25) is 0 Å². The van der Waals surface area contributed by atoms with E-state index in [0.29, 0.717) is 36.9 Å². The zero-order valence-electron chi connectivity index (χ0n) is 25.9. The molecule has 3 amide bonds. The highest BCUT2D eigenvalue weighted by Gasteiger charge is 2.33. The Morgan fingerprint density at radius 1 is 1.00 bits per heavy atom. The summed E-state index contributed by atoms with van der Waals surface area (Å²) < 4.78 is 0. The maximum absolute atomic E-state index is 13.9. The van der Waals surface area contributed by atoms with E-state index < -0.39 is 42.1 Å². The van der Waals surface area contributed by atoms with E-state index in [2.05, 4.69) is 39.8 Å². The zero-order chi connectivity index (χ0) is 31.2. The maximum atomic E-state index is 13.9. The van der Waals surface area contributed by atoms with Gasteiger partial charge in [-0.2, -0.15) is 0 Å². The second-order valence-electron chi connectivity index (χ2n) is 12.3. The minimum Gasteiger partial charge on any atom is -0.465 e. The molecular formula is C32H51ClN6O5. The van der Waals surface area contributed by atoms with Gasteiger partial charge in [-0.3, -0.25) is 9.59 Å². The number of nitrogens with one attached hydrogen (secondary N) is 4. The van der Waals surface area contributed by atoms with Gasteiger partial charge in [0.15, 0.2) is 0 Å². The first-order valence-corrected chi connectivity index (χ1v) is 15.7.